The number of rotatable bonds is 55. The number of hydrogen-bond donors (Lipinski definition) is 0. The lowest BCUT2D eigenvalue weighted by atomic mass is 10.0. The van der Waals surface area contributed by atoms with Gasteiger partial charge < -0.3 is 14.2 Å². The van der Waals surface area contributed by atoms with Crippen molar-refractivity contribution in [2.75, 3.05) is 13.2 Å². The zero-order valence-electron chi connectivity index (χ0n) is 45.2. The lowest BCUT2D eigenvalue weighted by Crippen LogP contribution is -2.30. The predicted octanol–water partition coefficient (Wildman–Crippen LogP) is 19.9. The van der Waals surface area contributed by atoms with Crippen molar-refractivity contribution in [1.29, 1.82) is 0 Å². The van der Waals surface area contributed by atoms with Gasteiger partial charge >= 0.3 is 17.9 Å². The quantitative estimate of drug-likeness (QED) is 0.0262. The molecule has 0 aromatic carbocycles. The number of carbonyl (C=O) groups is 3. The Balaban J connectivity index is 4.33. The van der Waals surface area contributed by atoms with Gasteiger partial charge in [0.15, 0.2) is 6.10 Å². The molecule has 0 aliphatic heterocycles. The van der Waals surface area contributed by atoms with Crippen LogP contribution in [-0.2, 0) is 28.6 Å². The molecule has 0 spiro atoms. The van der Waals surface area contributed by atoms with Crippen molar-refractivity contribution in [3.8, 4) is 0 Å². The molecule has 0 aromatic heterocycles. The van der Waals surface area contributed by atoms with Crippen molar-refractivity contribution >= 4 is 17.9 Å². The van der Waals surface area contributed by atoms with Gasteiger partial charge in [-0.05, 0) is 51.4 Å². The van der Waals surface area contributed by atoms with Gasteiger partial charge in [-0.15, -0.1) is 0 Å². The summed E-state index contributed by atoms with van der Waals surface area (Å²) in [5.41, 5.74) is 0. The fourth-order valence-corrected chi connectivity index (χ4v) is 8.95. The molecule has 0 N–H and O–H groups in total. The van der Waals surface area contributed by atoms with Gasteiger partial charge in [0.2, 0.25) is 0 Å². The van der Waals surface area contributed by atoms with Crippen molar-refractivity contribution in [3.63, 3.8) is 0 Å². The fraction of sp³-hybridized carbons (Fsp3) is 0.885. The van der Waals surface area contributed by atoms with Crippen molar-refractivity contribution in [3.05, 3.63) is 24.3 Å². The summed E-state index contributed by atoms with van der Waals surface area (Å²) in [6.07, 6.45) is 65.9. The Morgan fingerprint density at radius 1 is 0.299 bits per heavy atom. The average Bonchev–Trinajstić information content (AvgIpc) is 3.33. The predicted molar refractivity (Wildman–Crippen MR) is 289 cm³/mol. The highest BCUT2D eigenvalue weighted by molar-refractivity contribution is 5.71. The molecule has 1 atom stereocenters. The van der Waals surface area contributed by atoms with E-state index in [2.05, 4.69) is 45.1 Å². The molecule has 0 amide bonds. The summed E-state index contributed by atoms with van der Waals surface area (Å²) in [6.45, 7) is 6.67. The third kappa shape index (κ3) is 54.7. The van der Waals surface area contributed by atoms with Crippen LogP contribution < -0.4 is 0 Å². The second-order valence-corrected chi connectivity index (χ2v) is 20.3. The van der Waals surface area contributed by atoms with Crippen molar-refractivity contribution in [2.45, 2.75) is 335 Å². The number of unbranched alkanes of at least 4 members (excludes halogenated alkanes) is 40. The lowest BCUT2D eigenvalue weighted by Gasteiger charge is -2.18. The van der Waals surface area contributed by atoms with Crippen LogP contribution in [0.5, 0.6) is 0 Å². The van der Waals surface area contributed by atoms with Crippen LogP contribution in [0.2, 0.25) is 0 Å². The van der Waals surface area contributed by atoms with Crippen LogP contribution in [0.25, 0.3) is 0 Å². The number of ether oxygens (including phenoxy) is 3. The van der Waals surface area contributed by atoms with Crippen molar-refractivity contribution < 1.29 is 28.6 Å². The number of allylic oxidation sites excluding steroid dienone is 4. The molecule has 0 fully saturated rings. The van der Waals surface area contributed by atoms with Gasteiger partial charge in [0.1, 0.15) is 13.2 Å². The van der Waals surface area contributed by atoms with Crippen molar-refractivity contribution in [2.24, 2.45) is 0 Å². The minimum atomic E-state index is -0.769. The van der Waals surface area contributed by atoms with Crippen LogP contribution in [0.3, 0.4) is 0 Å². The van der Waals surface area contributed by atoms with E-state index in [4.69, 9.17) is 14.2 Å². The lowest BCUT2D eigenvalue weighted by molar-refractivity contribution is -0.167. The van der Waals surface area contributed by atoms with Crippen LogP contribution >= 0.6 is 0 Å². The Morgan fingerprint density at radius 3 is 0.851 bits per heavy atom. The molecule has 0 aliphatic carbocycles. The highest BCUT2D eigenvalue weighted by Crippen LogP contribution is 2.17. The van der Waals surface area contributed by atoms with E-state index in [9.17, 15) is 14.4 Å². The van der Waals surface area contributed by atoms with E-state index in [1.165, 1.54) is 218 Å². The Morgan fingerprint density at radius 2 is 0.537 bits per heavy atom. The molecular weight excluding hydrogens is 829 g/mol. The summed E-state index contributed by atoms with van der Waals surface area (Å²) in [6, 6.07) is 0. The van der Waals surface area contributed by atoms with E-state index in [0.717, 1.165) is 70.6 Å². The second-order valence-electron chi connectivity index (χ2n) is 20.3. The molecule has 0 heterocycles. The molecule has 6 heteroatoms. The molecule has 0 bridgehead atoms. The van der Waals surface area contributed by atoms with Crippen LogP contribution in [0.4, 0.5) is 0 Å². The first kappa shape index (κ1) is 64.9. The highest BCUT2D eigenvalue weighted by Gasteiger charge is 2.19. The standard InChI is InChI=1S/C61H114O6/c1-4-7-10-13-16-19-22-25-28-30-33-35-38-41-44-47-50-53-59(62)65-56-58(67-61(64)55-52-49-46-43-40-37-32-27-24-21-18-15-12-9-6-3)57-66-60(63)54-51-48-45-42-39-36-34-31-29-26-23-20-17-14-11-8-5-2/h16,19,25,28,58H,4-15,17-18,20-24,26-27,29-57H2,1-3H3/b19-16-,28-25-/t58-/m1/s1. The van der Waals surface area contributed by atoms with E-state index in [1.54, 1.807) is 0 Å². The molecule has 0 saturated heterocycles. The molecule has 6 nitrogen and oxygen atoms in total. The highest BCUT2D eigenvalue weighted by atomic mass is 16.6. The van der Waals surface area contributed by atoms with Gasteiger partial charge in [-0.1, -0.05) is 283 Å². The van der Waals surface area contributed by atoms with Crippen molar-refractivity contribution in [1.82, 2.24) is 0 Å². The number of hydrogen-bond acceptors (Lipinski definition) is 6. The summed E-state index contributed by atoms with van der Waals surface area (Å²) in [7, 11) is 0. The third-order valence-electron chi connectivity index (χ3n) is 13.5. The largest absolute Gasteiger partial charge is 0.462 e. The zero-order valence-corrected chi connectivity index (χ0v) is 45.2. The van der Waals surface area contributed by atoms with Gasteiger partial charge in [-0.3, -0.25) is 14.4 Å². The Labute approximate surface area is 417 Å². The molecule has 0 rings (SSSR count). The van der Waals surface area contributed by atoms with Gasteiger partial charge in [0, 0.05) is 19.3 Å². The fourth-order valence-electron chi connectivity index (χ4n) is 8.95. The molecule has 0 unspecified atom stereocenters. The summed E-state index contributed by atoms with van der Waals surface area (Å²) < 4.78 is 16.9. The van der Waals surface area contributed by atoms with Gasteiger partial charge in [-0.25, -0.2) is 0 Å². The summed E-state index contributed by atoms with van der Waals surface area (Å²) in [5, 5.41) is 0. The van der Waals surface area contributed by atoms with Crippen LogP contribution in [0.1, 0.15) is 329 Å². The Kier molecular flexibility index (Phi) is 54.7. The average molecular weight is 944 g/mol. The minimum Gasteiger partial charge on any atom is -0.462 e. The molecule has 0 aliphatic rings. The van der Waals surface area contributed by atoms with Crippen LogP contribution in [0.15, 0.2) is 24.3 Å². The van der Waals surface area contributed by atoms with Gasteiger partial charge in [0.05, 0.1) is 0 Å². The Hall–Kier alpha value is -2.11. The Bertz CT molecular complexity index is 1080. The summed E-state index contributed by atoms with van der Waals surface area (Å²) in [5.74, 6) is -0.852. The first-order chi connectivity index (χ1) is 33.0. The topological polar surface area (TPSA) is 78.9 Å². The maximum Gasteiger partial charge on any atom is 0.306 e. The molecular formula is C61H114O6. The molecule has 0 aromatic rings. The van der Waals surface area contributed by atoms with Crippen LogP contribution in [-0.4, -0.2) is 37.2 Å². The first-order valence-corrected chi connectivity index (χ1v) is 29.8. The summed E-state index contributed by atoms with van der Waals surface area (Å²) >= 11 is 0. The second kappa shape index (κ2) is 56.5. The van der Waals surface area contributed by atoms with Gasteiger partial charge in [0.25, 0.3) is 0 Å². The normalized spacial score (nSPS) is 12.1. The van der Waals surface area contributed by atoms with E-state index in [1.807, 2.05) is 0 Å². The molecule has 0 radical (unpaired) electrons. The van der Waals surface area contributed by atoms with Crippen LogP contribution in [0, 0.1) is 0 Å². The maximum absolute atomic E-state index is 12.9. The SMILES string of the molecule is CCCCC/C=C\C/C=C\CCCCCCCCCC(=O)OC[C@H](COC(=O)CCCCCCCCCCCCCCCCCCC)OC(=O)CCCCCCCCCCCCCCCCC. The molecule has 67 heavy (non-hydrogen) atoms. The zero-order chi connectivity index (χ0) is 48.6. The smallest absolute Gasteiger partial charge is 0.306 e. The van der Waals surface area contributed by atoms with E-state index < -0.39 is 6.10 Å². The molecule has 394 valence electrons. The number of carbonyl (C=O) groups excluding carboxylic acids is 3. The van der Waals surface area contributed by atoms with E-state index >= 15 is 0 Å². The first-order valence-electron chi connectivity index (χ1n) is 29.8. The monoisotopic (exact) mass is 943 g/mol. The number of esters is 3. The minimum absolute atomic E-state index is 0.0678. The molecule has 0 saturated carbocycles. The summed E-state index contributed by atoms with van der Waals surface area (Å²) in [4.78, 5) is 38.2. The van der Waals surface area contributed by atoms with E-state index in [-0.39, 0.29) is 31.1 Å². The maximum atomic E-state index is 12.9. The third-order valence-corrected chi connectivity index (χ3v) is 13.5. The van der Waals surface area contributed by atoms with E-state index in [0.29, 0.717) is 19.3 Å². The van der Waals surface area contributed by atoms with Gasteiger partial charge in [-0.2, -0.15) is 0 Å².